The summed E-state index contributed by atoms with van der Waals surface area (Å²) >= 11 is 0. The van der Waals surface area contributed by atoms with Gasteiger partial charge in [0.15, 0.2) is 0 Å². The Labute approximate surface area is 114 Å². The maximum absolute atomic E-state index is 12.0. The van der Waals surface area contributed by atoms with Crippen LogP contribution >= 0.6 is 0 Å². The average molecular weight is 268 g/mol. The molecule has 0 radical (unpaired) electrons. The zero-order valence-corrected chi connectivity index (χ0v) is 11.5. The molecule has 1 aliphatic carbocycles. The molecule has 0 spiro atoms. The molecular formula is C14H24N2O3. The first-order chi connectivity index (χ1) is 9.08. The van der Waals surface area contributed by atoms with Crippen molar-refractivity contribution in [3.05, 3.63) is 0 Å². The predicted molar refractivity (Wildman–Crippen MR) is 71.6 cm³/mol. The summed E-state index contributed by atoms with van der Waals surface area (Å²) in [6.07, 6.45) is 3.32. The molecule has 2 atom stereocenters. The van der Waals surface area contributed by atoms with Gasteiger partial charge in [-0.15, -0.1) is 0 Å². The van der Waals surface area contributed by atoms with Crippen LogP contribution in [0, 0.1) is 23.7 Å². The molecule has 2 rings (SSSR count). The predicted octanol–water partition coefficient (Wildman–Crippen LogP) is 0.849. The lowest BCUT2D eigenvalue weighted by Crippen LogP contribution is -2.38. The summed E-state index contributed by atoms with van der Waals surface area (Å²) in [7, 11) is 0. The molecule has 0 bridgehead atoms. The molecule has 19 heavy (non-hydrogen) atoms. The number of carbonyl (C=O) groups excluding carboxylic acids is 1. The Bertz CT molecular complexity index is 338. The second kappa shape index (κ2) is 6.37. The number of rotatable bonds is 4. The minimum absolute atomic E-state index is 0.0929. The number of nitrogens with one attached hydrogen (secondary N) is 2. The SMILES string of the molecule is CC1CNCC1C(=O)NCC1CCC(C(=O)O)CC1. The van der Waals surface area contributed by atoms with Crippen LogP contribution < -0.4 is 10.6 Å². The van der Waals surface area contributed by atoms with Gasteiger partial charge in [0.25, 0.3) is 0 Å². The van der Waals surface area contributed by atoms with Gasteiger partial charge in [0, 0.05) is 13.1 Å². The summed E-state index contributed by atoms with van der Waals surface area (Å²) < 4.78 is 0. The fraction of sp³-hybridized carbons (Fsp3) is 0.857. The van der Waals surface area contributed by atoms with Crippen LogP contribution in [0.1, 0.15) is 32.6 Å². The fourth-order valence-electron chi connectivity index (χ4n) is 3.15. The molecule has 5 heteroatoms. The van der Waals surface area contributed by atoms with E-state index in [4.69, 9.17) is 5.11 Å². The molecule has 108 valence electrons. The van der Waals surface area contributed by atoms with E-state index < -0.39 is 5.97 Å². The lowest BCUT2D eigenvalue weighted by atomic mass is 9.82. The van der Waals surface area contributed by atoms with Gasteiger partial charge in [0.1, 0.15) is 0 Å². The van der Waals surface area contributed by atoms with Gasteiger partial charge < -0.3 is 15.7 Å². The minimum atomic E-state index is -0.673. The minimum Gasteiger partial charge on any atom is -0.481 e. The van der Waals surface area contributed by atoms with E-state index in [0.29, 0.717) is 18.4 Å². The van der Waals surface area contributed by atoms with Gasteiger partial charge in [-0.3, -0.25) is 9.59 Å². The molecule has 2 fully saturated rings. The largest absolute Gasteiger partial charge is 0.481 e. The standard InChI is InChI=1S/C14H24N2O3/c1-9-6-15-8-12(9)13(17)16-7-10-2-4-11(5-3-10)14(18)19/h9-12,15H,2-8H2,1H3,(H,16,17)(H,18,19). The van der Waals surface area contributed by atoms with Crippen LogP contribution in [-0.4, -0.2) is 36.6 Å². The van der Waals surface area contributed by atoms with Gasteiger partial charge in [0.05, 0.1) is 11.8 Å². The van der Waals surface area contributed by atoms with Crippen LogP contribution in [0.4, 0.5) is 0 Å². The Kier molecular flexibility index (Phi) is 4.80. The molecular weight excluding hydrogens is 244 g/mol. The van der Waals surface area contributed by atoms with E-state index in [1.807, 2.05) is 0 Å². The van der Waals surface area contributed by atoms with Crippen molar-refractivity contribution in [3.8, 4) is 0 Å². The van der Waals surface area contributed by atoms with Gasteiger partial charge in [-0.1, -0.05) is 6.92 Å². The molecule has 2 aliphatic rings. The molecule has 1 amide bonds. The first kappa shape index (κ1) is 14.3. The Hall–Kier alpha value is -1.10. The van der Waals surface area contributed by atoms with Crippen molar-refractivity contribution >= 4 is 11.9 Å². The summed E-state index contributed by atoms with van der Waals surface area (Å²) in [6.45, 7) is 4.50. The van der Waals surface area contributed by atoms with Crippen molar-refractivity contribution in [1.82, 2.24) is 10.6 Å². The highest BCUT2D eigenvalue weighted by atomic mass is 16.4. The van der Waals surface area contributed by atoms with Crippen molar-refractivity contribution in [2.24, 2.45) is 23.7 Å². The van der Waals surface area contributed by atoms with Crippen molar-refractivity contribution in [2.45, 2.75) is 32.6 Å². The third kappa shape index (κ3) is 3.69. The lowest BCUT2D eigenvalue weighted by Gasteiger charge is -2.26. The first-order valence-electron chi connectivity index (χ1n) is 7.29. The highest BCUT2D eigenvalue weighted by Crippen LogP contribution is 2.28. The Morgan fingerprint density at radius 2 is 1.89 bits per heavy atom. The van der Waals surface area contributed by atoms with E-state index >= 15 is 0 Å². The summed E-state index contributed by atoms with van der Waals surface area (Å²) in [5.74, 6) is 0.250. The maximum atomic E-state index is 12.0. The molecule has 3 N–H and O–H groups in total. The van der Waals surface area contributed by atoms with Crippen LogP contribution in [0.15, 0.2) is 0 Å². The monoisotopic (exact) mass is 268 g/mol. The van der Waals surface area contributed by atoms with Gasteiger partial charge in [-0.2, -0.15) is 0 Å². The highest BCUT2D eigenvalue weighted by molar-refractivity contribution is 5.79. The topological polar surface area (TPSA) is 78.4 Å². The van der Waals surface area contributed by atoms with Crippen LogP contribution in [-0.2, 0) is 9.59 Å². The molecule has 1 saturated carbocycles. The van der Waals surface area contributed by atoms with E-state index in [1.54, 1.807) is 0 Å². The number of carboxylic acids is 1. The smallest absolute Gasteiger partial charge is 0.306 e. The zero-order chi connectivity index (χ0) is 13.8. The fourth-order valence-corrected chi connectivity index (χ4v) is 3.15. The number of carboxylic acid groups (broad SMARTS) is 1. The molecule has 0 aromatic rings. The van der Waals surface area contributed by atoms with Gasteiger partial charge in [0.2, 0.25) is 5.91 Å². The maximum Gasteiger partial charge on any atom is 0.306 e. The summed E-state index contributed by atoms with van der Waals surface area (Å²) in [4.78, 5) is 22.9. The highest BCUT2D eigenvalue weighted by Gasteiger charge is 2.30. The number of amides is 1. The molecule has 1 aliphatic heterocycles. The Morgan fingerprint density at radius 3 is 2.42 bits per heavy atom. The normalized spacial score (nSPS) is 35.0. The van der Waals surface area contributed by atoms with Crippen LogP contribution in [0.5, 0.6) is 0 Å². The van der Waals surface area contributed by atoms with Gasteiger partial charge >= 0.3 is 5.97 Å². The first-order valence-corrected chi connectivity index (χ1v) is 7.29. The number of hydrogen-bond donors (Lipinski definition) is 3. The van der Waals surface area contributed by atoms with E-state index in [0.717, 1.165) is 38.8 Å². The number of aliphatic carboxylic acids is 1. The average Bonchev–Trinajstić information content (AvgIpc) is 2.83. The number of carbonyl (C=O) groups is 2. The summed E-state index contributed by atoms with van der Waals surface area (Å²) in [5, 5.41) is 15.2. The molecule has 2 unspecified atom stereocenters. The number of hydrogen-bond acceptors (Lipinski definition) is 3. The summed E-state index contributed by atoms with van der Waals surface area (Å²) in [6, 6.07) is 0. The van der Waals surface area contributed by atoms with Crippen LogP contribution in [0.25, 0.3) is 0 Å². The second-order valence-corrected chi connectivity index (χ2v) is 6.04. The third-order valence-corrected chi connectivity index (χ3v) is 4.62. The van der Waals surface area contributed by atoms with E-state index in [9.17, 15) is 9.59 Å². The molecule has 1 heterocycles. The van der Waals surface area contributed by atoms with Gasteiger partial charge in [-0.05, 0) is 44.1 Å². The van der Waals surface area contributed by atoms with Crippen LogP contribution in [0.3, 0.4) is 0 Å². The van der Waals surface area contributed by atoms with Gasteiger partial charge in [-0.25, -0.2) is 0 Å². The molecule has 0 aromatic carbocycles. The Balaban J connectivity index is 1.69. The zero-order valence-electron chi connectivity index (χ0n) is 11.5. The van der Waals surface area contributed by atoms with Crippen molar-refractivity contribution in [1.29, 1.82) is 0 Å². The van der Waals surface area contributed by atoms with Crippen molar-refractivity contribution in [3.63, 3.8) is 0 Å². The second-order valence-electron chi connectivity index (χ2n) is 6.04. The lowest BCUT2D eigenvalue weighted by molar-refractivity contribution is -0.143. The summed E-state index contributed by atoms with van der Waals surface area (Å²) in [5.41, 5.74) is 0. The van der Waals surface area contributed by atoms with Crippen LogP contribution in [0.2, 0.25) is 0 Å². The molecule has 1 saturated heterocycles. The molecule has 0 aromatic heterocycles. The molecule has 5 nitrogen and oxygen atoms in total. The van der Waals surface area contributed by atoms with Crippen molar-refractivity contribution in [2.75, 3.05) is 19.6 Å². The van der Waals surface area contributed by atoms with E-state index in [1.165, 1.54) is 0 Å². The van der Waals surface area contributed by atoms with Crippen molar-refractivity contribution < 1.29 is 14.7 Å². The van der Waals surface area contributed by atoms with E-state index in [-0.39, 0.29) is 17.7 Å². The van der Waals surface area contributed by atoms with E-state index in [2.05, 4.69) is 17.6 Å². The Morgan fingerprint density at radius 1 is 1.21 bits per heavy atom. The third-order valence-electron chi connectivity index (χ3n) is 4.62. The quantitative estimate of drug-likeness (QED) is 0.706.